The number of rotatable bonds is 3. The quantitative estimate of drug-likeness (QED) is 0.752. The summed E-state index contributed by atoms with van der Waals surface area (Å²) in [4.78, 5) is 19.5. The Hall–Kier alpha value is -2.62. The molecule has 1 saturated carbocycles. The molecule has 3 aromatic rings. The van der Waals surface area contributed by atoms with Crippen molar-refractivity contribution in [3.05, 3.63) is 54.4 Å². The van der Waals surface area contributed by atoms with Crippen molar-refractivity contribution in [3.8, 4) is 11.1 Å². The van der Waals surface area contributed by atoms with Crippen molar-refractivity contribution >= 4 is 17.0 Å². The number of carbonyl (C=O) groups excluding carboxylic acids is 1. The summed E-state index contributed by atoms with van der Waals surface area (Å²) in [6.45, 7) is 0. The van der Waals surface area contributed by atoms with Gasteiger partial charge in [0.25, 0.3) is 0 Å². The fourth-order valence-electron chi connectivity index (χ4n) is 3.10. The molecule has 1 aliphatic carbocycles. The lowest BCUT2D eigenvalue weighted by Crippen LogP contribution is -2.21. The second-order valence-electron chi connectivity index (χ2n) is 5.76. The van der Waals surface area contributed by atoms with Crippen molar-refractivity contribution in [1.29, 1.82) is 0 Å². The molecule has 4 rings (SSSR count). The van der Waals surface area contributed by atoms with E-state index in [0.29, 0.717) is 0 Å². The first-order chi connectivity index (χ1) is 10.7. The van der Waals surface area contributed by atoms with E-state index in [1.807, 2.05) is 24.3 Å². The summed E-state index contributed by atoms with van der Waals surface area (Å²) in [5.74, 6) is -0.130. The summed E-state index contributed by atoms with van der Waals surface area (Å²) >= 11 is 0. The van der Waals surface area contributed by atoms with Crippen LogP contribution in [0.1, 0.15) is 18.4 Å². The third-order valence-corrected chi connectivity index (χ3v) is 4.52. The highest BCUT2D eigenvalue weighted by Gasteiger charge is 2.52. The van der Waals surface area contributed by atoms with Gasteiger partial charge in [-0.05, 0) is 30.0 Å². The summed E-state index contributed by atoms with van der Waals surface area (Å²) in [6, 6.07) is 14.3. The maximum atomic E-state index is 12.0. The molecular weight excluding hydrogens is 276 g/mol. The summed E-state index contributed by atoms with van der Waals surface area (Å²) in [5, 5.41) is 0. The number of carbonyl (C=O) groups is 1. The summed E-state index contributed by atoms with van der Waals surface area (Å²) in [6.07, 6.45) is 3.45. The lowest BCUT2D eigenvalue weighted by atomic mass is 9.93. The van der Waals surface area contributed by atoms with Gasteiger partial charge in [-0.15, -0.1) is 0 Å². The van der Waals surface area contributed by atoms with E-state index in [0.717, 1.165) is 40.6 Å². The maximum absolute atomic E-state index is 12.0. The average molecular weight is 292 g/mol. The van der Waals surface area contributed by atoms with Crippen LogP contribution in [0.5, 0.6) is 0 Å². The fourth-order valence-corrected chi connectivity index (χ4v) is 3.10. The van der Waals surface area contributed by atoms with Crippen LogP contribution in [-0.4, -0.2) is 23.0 Å². The van der Waals surface area contributed by atoms with Crippen LogP contribution in [0.3, 0.4) is 0 Å². The van der Waals surface area contributed by atoms with Gasteiger partial charge < -0.3 is 9.72 Å². The van der Waals surface area contributed by atoms with E-state index in [2.05, 4.69) is 28.2 Å². The number of esters is 1. The zero-order valence-corrected chi connectivity index (χ0v) is 12.3. The fraction of sp³-hybridized carbons (Fsp3) is 0.222. The highest BCUT2D eigenvalue weighted by molar-refractivity contribution is 5.92. The Kier molecular flexibility index (Phi) is 2.79. The first-order valence-corrected chi connectivity index (χ1v) is 7.36. The number of aromatic nitrogens is 2. The molecule has 2 aromatic carbocycles. The number of para-hydroxylation sites is 1. The monoisotopic (exact) mass is 292 g/mol. The van der Waals surface area contributed by atoms with Crippen LogP contribution in [0.2, 0.25) is 0 Å². The summed E-state index contributed by atoms with van der Waals surface area (Å²) in [7, 11) is 1.45. The molecule has 4 nitrogen and oxygen atoms in total. The maximum Gasteiger partial charge on any atom is 0.316 e. The Morgan fingerprint density at radius 1 is 1.18 bits per heavy atom. The van der Waals surface area contributed by atoms with Gasteiger partial charge in [-0.1, -0.05) is 36.4 Å². The number of hydrogen-bond acceptors (Lipinski definition) is 3. The highest BCUT2D eigenvalue weighted by atomic mass is 16.5. The molecule has 0 aliphatic heterocycles. The Balaban J connectivity index is 1.74. The molecule has 1 N–H and O–H groups in total. The molecule has 0 unspecified atom stereocenters. The standard InChI is InChI=1S/C18H16N2O2/c1-22-17(21)18(9-10-18)13-7-5-12(6-8-13)14-3-2-4-15-16(14)20-11-19-15/h2-8,11H,9-10H2,1H3,(H,19,20). The number of fused-ring (bicyclic) bond motifs is 1. The second kappa shape index (κ2) is 4.70. The molecule has 0 atom stereocenters. The molecule has 1 aromatic heterocycles. The number of hydrogen-bond donors (Lipinski definition) is 1. The summed E-state index contributed by atoms with van der Waals surface area (Å²) in [5.41, 5.74) is 4.80. The van der Waals surface area contributed by atoms with Crippen molar-refractivity contribution in [2.75, 3.05) is 7.11 Å². The smallest absolute Gasteiger partial charge is 0.316 e. The van der Waals surface area contributed by atoms with Gasteiger partial charge in [0.15, 0.2) is 0 Å². The van der Waals surface area contributed by atoms with Gasteiger partial charge in [-0.2, -0.15) is 0 Å². The van der Waals surface area contributed by atoms with E-state index in [9.17, 15) is 4.79 Å². The van der Waals surface area contributed by atoms with Crippen molar-refractivity contribution in [2.45, 2.75) is 18.3 Å². The van der Waals surface area contributed by atoms with Gasteiger partial charge in [0.1, 0.15) is 0 Å². The molecule has 1 heterocycles. The molecule has 22 heavy (non-hydrogen) atoms. The molecule has 0 spiro atoms. The topological polar surface area (TPSA) is 55.0 Å². The van der Waals surface area contributed by atoms with Crippen LogP contribution < -0.4 is 0 Å². The van der Waals surface area contributed by atoms with Gasteiger partial charge >= 0.3 is 5.97 Å². The number of aromatic amines is 1. The second-order valence-corrected chi connectivity index (χ2v) is 5.76. The largest absolute Gasteiger partial charge is 0.468 e. The minimum Gasteiger partial charge on any atom is -0.468 e. The van der Waals surface area contributed by atoms with Gasteiger partial charge in [-0.25, -0.2) is 4.98 Å². The number of nitrogens with one attached hydrogen (secondary N) is 1. The first-order valence-electron chi connectivity index (χ1n) is 7.36. The van der Waals surface area contributed by atoms with E-state index in [1.165, 1.54) is 7.11 Å². The van der Waals surface area contributed by atoms with Crippen LogP contribution in [0.25, 0.3) is 22.2 Å². The minimum absolute atomic E-state index is 0.130. The van der Waals surface area contributed by atoms with Crippen molar-refractivity contribution < 1.29 is 9.53 Å². The molecule has 0 bridgehead atoms. The molecule has 0 radical (unpaired) electrons. The number of ether oxygens (including phenoxy) is 1. The predicted molar refractivity (Wildman–Crippen MR) is 84.5 cm³/mol. The van der Waals surface area contributed by atoms with Crippen LogP contribution in [0.4, 0.5) is 0 Å². The Labute approximate surface area is 128 Å². The molecule has 0 saturated heterocycles. The van der Waals surface area contributed by atoms with Gasteiger partial charge in [0, 0.05) is 5.56 Å². The first kappa shape index (κ1) is 13.1. The molecular formula is C18H16N2O2. The lowest BCUT2D eigenvalue weighted by Gasteiger charge is -2.13. The minimum atomic E-state index is -0.411. The van der Waals surface area contributed by atoms with Crippen molar-refractivity contribution in [3.63, 3.8) is 0 Å². The number of nitrogens with zero attached hydrogens (tertiary/aromatic N) is 1. The predicted octanol–water partition coefficient (Wildman–Crippen LogP) is 3.43. The molecule has 4 heteroatoms. The third kappa shape index (κ3) is 1.84. The van der Waals surface area contributed by atoms with E-state index in [1.54, 1.807) is 6.33 Å². The number of imidazole rings is 1. The molecule has 110 valence electrons. The van der Waals surface area contributed by atoms with E-state index in [-0.39, 0.29) is 5.97 Å². The van der Waals surface area contributed by atoms with Gasteiger partial charge in [0.05, 0.1) is 29.9 Å². The van der Waals surface area contributed by atoms with Crippen molar-refractivity contribution in [2.24, 2.45) is 0 Å². The van der Waals surface area contributed by atoms with Crippen LogP contribution >= 0.6 is 0 Å². The van der Waals surface area contributed by atoms with Gasteiger partial charge in [0.2, 0.25) is 0 Å². The SMILES string of the molecule is COC(=O)C1(c2ccc(-c3cccc4[nH]cnc34)cc2)CC1. The number of methoxy groups -OCH3 is 1. The highest BCUT2D eigenvalue weighted by Crippen LogP contribution is 2.49. The van der Waals surface area contributed by atoms with E-state index >= 15 is 0 Å². The Morgan fingerprint density at radius 2 is 1.95 bits per heavy atom. The van der Waals surface area contributed by atoms with E-state index in [4.69, 9.17) is 4.74 Å². The Morgan fingerprint density at radius 3 is 2.64 bits per heavy atom. The van der Waals surface area contributed by atoms with Crippen LogP contribution in [0, 0.1) is 0 Å². The normalized spacial score (nSPS) is 15.7. The lowest BCUT2D eigenvalue weighted by molar-refractivity contribution is -0.143. The zero-order chi connectivity index (χ0) is 15.2. The number of H-pyrrole nitrogens is 1. The number of benzene rings is 2. The molecule has 0 amide bonds. The van der Waals surface area contributed by atoms with E-state index < -0.39 is 5.41 Å². The molecule has 1 aliphatic rings. The van der Waals surface area contributed by atoms with Gasteiger partial charge in [-0.3, -0.25) is 4.79 Å². The van der Waals surface area contributed by atoms with Crippen molar-refractivity contribution in [1.82, 2.24) is 9.97 Å². The molecule has 1 fully saturated rings. The van der Waals surface area contributed by atoms with Crippen LogP contribution in [0.15, 0.2) is 48.8 Å². The summed E-state index contributed by atoms with van der Waals surface area (Å²) < 4.78 is 4.94. The third-order valence-electron chi connectivity index (χ3n) is 4.52. The zero-order valence-electron chi connectivity index (χ0n) is 12.3. The van der Waals surface area contributed by atoms with Crippen LogP contribution in [-0.2, 0) is 14.9 Å². The Bertz CT molecular complexity index is 845. The average Bonchev–Trinajstić information content (AvgIpc) is 3.24.